The molecule has 0 bridgehead atoms. The molecular formula is C25H25F2N5O2S. The fraction of sp³-hybridized carbons (Fsp3) is 0.280. The molecule has 0 aliphatic carbocycles. The lowest BCUT2D eigenvalue weighted by molar-refractivity contribution is -0.0498. The predicted octanol–water partition coefficient (Wildman–Crippen LogP) is 5.65. The number of Topliss-reactive ketones (excluding diaryl/α,β-unsaturated/α-hetero) is 1. The normalized spacial score (nSPS) is 12.2. The number of aromatic nitrogens is 5. The average Bonchev–Trinajstić information content (AvgIpc) is 3.37. The molecule has 0 spiro atoms. The van der Waals surface area contributed by atoms with Crippen LogP contribution in [0.1, 0.15) is 39.8 Å². The Labute approximate surface area is 206 Å². The van der Waals surface area contributed by atoms with E-state index in [0.717, 1.165) is 33.9 Å². The van der Waals surface area contributed by atoms with E-state index < -0.39 is 11.9 Å². The number of carbonyl (C=O) groups excluding carboxylic acids is 1. The summed E-state index contributed by atoms with van der Waals surface area (Å²) < 4.78 is 32.9. The number of halogens is 2. The van der Waals surface area contributed by atoms with E-state index in [1.165, 1.54) is 23.9 Å². The summed E-state index contributed by atoms with van der Waals surface area (Å²) in [5, 5.41) is 12.2. The highest BCUT2D eigenvalue weighted by atomic mass is 32.2. The van der Waals surface area contributed by atoms with E-state index >= 15 is 0 Å². The van der Waals surface area contributed by atoms with Crippen LogP contribution in [0.2, 0.25) is 0 Å². The quantitative estimate of drug-likeness (QED) is 0.231. The Bertz CT molecular complexity index is 1360. The first-order valence-corrected chi connectivity index (χ1v) is 11.8. The Hall–Kier alpha value is -3.53. The largest absolute Gasteiger partial charge is 0.435 e. The van der Waals surface area contributed by atoms with Crippen molar-refractivity contribution in [3.8, 4) is 17.1 Å². The summed E-state index contributed by atoms with van der Waals surface area (Å²) in [6.07, 6.45) is 0. The van der Waals surface area contributed by atoms with Crippen LogP contribution in [0.4, 0.5) is 8.78 Å². The Kier molecular flexibility index (Phi) is 7.02. The molecule has 182 valence electrons. The topological polar surface area (TPSA) is 74.8 Å². The zero-order chi connectivity index (χ0) is 25.3. The number of thioether (sulfide) groups is 1. The van der Waals surface area contributed by atoms with Crippen molar-refractivity contribution < 1.29 is 18.3 Å². The summed E-state index contributed by atoms with van der Waals surface area (Å²) in [5.41, 5.74) is 5.98. The van der Waals surface area contributed by atoms with Crippen LogP contribution in [0.15, 0.2) is 53.7 Å². The molecule has 1 unspecified atom stereocenters. The van der Waals surface area contributed by atoms with Crippen molar-refractivity contribution in [2.24, 2.45) is 0 Å². The third-order valence-corrected chi connectivity index (χ3v) is 6.72. The van der Waals surface area contributed by atoms with Gasteiger partial charge in [0.05, 0.1) is 10.9 Å². The number of tetrazole rings is 1. The monoisotopic (exact) mass is 497 g/mol. The van der Waals surface area contributed by atoms with Gasteiger partial charge in [-0.25, -0.2) is 0 Å². The smallest absolute Gasteiger partial charge is 0.387 e. The lowest BCUT2D eigenvalue weighted by Gasteiger charge is -2.13. The van der Waals surface area contributed by atoms with E-state index in [1.54, 1.807) is 16.8 Å². The Morgan fingerprint density at radius 2 is 1.74 bits per heavy atom. The van der Waals surface area contributed by atoms with Gasteiger partial charge < -0.3 is 9.30 Å². The Morgan fingerprint density at radius 3 is 2.40 bits per heavy atom. The Balaban J connectivity index is 1.57. The summed E-state index contributed by atoms with van der Waals surface area (Å²) in [4.78, 5) is 13.4. The number of hydrogen-bond acceptors (Lipinski definition) is 6. The van der Waals surface area contributed by atoms with Gasteiger partial charge in [-0.1, -0.05) is 29.5 Å². The number of carbonyl (C=O) groups is 1. The van der Waals surface area contributed by atoms with Crippen molar-refractivity contribution in [3.05, 3.63) is 76.6 Å². The molecule has 7 nitrogen and oxygen atoms in total. The standard InChI is InChI=1S/C25H25F2N5O2S/c1-14-6-11-22(15(2)12-14)32-25(28-29-30-32)35-18(5)23(33)21-13-16(3)31(17(21)4)19-7-9-20(10-8-19)34-24(26)27/h6-13,18,24H,1-5H3. The van der Waals surface area contributed by atoms with Crippen LogP contribution in [0.3, 0.4) is 0 Å². The van der Waals surface area contributed by atoms with Crippen LogP contribution >= 0.6 is 11.8 Å². The minimum Gasteiger partial charge on any atom is -0.435 e. The zero-order valence-corrected chi connectivity index (χ0v) is 20.8. The van der Waals surface area contributed by atoms with Crippen molar-refractivity contribution in [2.45, 2.75) is 51.6 Å². The van der Waals surface area contributed by atoms with Crippen LogP contribution in [0.25, 0.3) is 11.4 Å². The molecule has 0 amide bonds. The van der Waals surface area contributed by atoms with E-state index in [1.807, 2.05) is 57.4 Å². The second-order valence-corrected chi connectivity index (χ2v) is 9.59. The van der Waals surface area contributed by atoms with Crippen molar-refractivity contribution in [1.29, 1.82) is 0 Å². The SMILES string of the molecule is Cc1ccc(-n2nnnc2SC(C)C(=O)c2cc(C)n(-c3ccc(OC(F)F)cc3)c2C)c(C)c1. The van der Waals surface area contributed by atoms with Crippen LogP contribution in [-0.2, 0) is 0 Å². The molecule has 0 N–H and O–H groups in total. The molecule has 0 fully saturated rings. The number of aryl methyl sites for hydroxylation is 3. The molecule has 0 aliphatic heterocycles. The van der Waals surface area contributed by atoms with Gasteiger partial charge in [-0.05, 0) is 87.0 Å². The second-order valence-electron chi connectivity index (χ2n) is 8.28. The van der Waals surface area contributed by atoms with E-state index in [2.05, 4.69) is 26.3 Å². The van der Waals surface area contributed by atoms with Gasteiger partial charge in [0, 0.05) is 22.6 Å². The third-order valence-electron chi connectivity index (χ3n) is 5.69. The summed E-state index contributed by atoms with van der Waals surface area (Å²) >= 11 is 1.30. The van der Waals surface area contributed by atoms with E-state index in [4.69, 9.17) is 0 Å². The molecule has 2 aromatic heterocycles. The Morgan fingerprint density at radius 1 is 1.03 bits per heavy atom. The van der Waals surface area contributed by atoms with E-state index in [9.17, 15) is 13.6 Å². The van der Waals surface area contributed by atoms with Gasteiger partial charge in [0.25, 0.3) is 0 Å². The fourth-order valence-corrected chi connectivity index (χ4v) is 4.93. The van der Waals surface area contributed by atoms with Crippen LogP contribution in [0, 0.1) is 27.7 Å². The van der Waals surface area contributed by atoms with Gasteiger partial charge in [0.15, 0.2) is 5.78 Å². The summed E-state index contributed by atoms with van der Waals surface area (Å²) in [7, 11) is 0. The molecular weight excluding hydrogens is 472 g/mol. The molecule has 1 atom stereocenters. The van der Waals surface area contributed by atoms with Gasteiger partial charge in [-0.2, -0.15) is 13.5 Å². The van der Waals surface area contributed by atoms with Gasteiger partial charge in [-0.15, -0.1) is 5.10 Å². The maximum atomic E-state index is 13.4. The maximum absolute atomic E-state index is 13.4. The number of hydrogen-bond donors (Lipinski definition) is 0. The number of alkyl halides is 2. The van der Waals surface area contributed by atoms with Gasteiger partial charge in [0.1, 0.15) is 5.75 Å². The van der Waals surface area contributed by atoms with Crippen molar-refractivity contribution in [2.75, 3.05) is 0 Å². The summed E-state index contributed by atoms with van der Waals surface area (Å²) in [6, 6.07) is 14.2. The van der Waals surface area contributed by atoms with Crippen molar-refractivity contribution in [1.82, 2.24) is 24.8 Å². The molecule has 0 radical (unpaired) electrons. The minimum atomic E-state index is -2.88. The molecule has 2 aromatic carbocycles. The third kappa shape index (κ3) is 5.12. The summed E-state index contributed by atoms with van der Waals surface area (Å²) in [5.74, 6) is 0.0243. The molecule has 0 aliphatic rings. The number of rotatable bonds is 8. The van der Waals surface area contributed by atoms with Crippen molar-refractivity contribution >= 4 is 17.5 Å². The van der Waals surface area contributed by atoms with Gasteiger partial charge >= 0.3 is 6.61 Å². The number of ether oxygens (including phenoxy) is 1. The first-order chi connectivity index (χ1) is 16.7. The predicted molar refractivity (Wildman–Crippen MR) is 130 cm³/mol. The number of nitrogens with zero attached hydrogens (tertiary/aromatic N) is 5. The lowest BCUT2D eigenvalue weighted by Crippen LogP contribution is -2.16. The highest BCUT2D eigenvalue weighted by Gasteiger charge is 2.25. The number of ketones is 1. The average molecular weight is 498 g/mol. The van der Waals surface area contributed by atoms with Crippen molar-refractivity contribution in [3.63, 3.8) is 0 Å². The van der Waals surface area contributed by atoms with E-state index in [0.29, 0.717) is 10.7 Å². The molecule has 0 saturated heterocycles. The molecule has 35 heavy (non-hydrogen) atoms. The van der Waals surface area contributed by atoms with Crippen LogP contribution < -0.4 is 4.74 Å². The highest BCUT2D eigenvalue weighted by Crippen LogP contribution is 2.30. The maximum Gasteiger partial charge on any atom is 0.387 e. The fourth-order valence-electron chi connectivity index (χ4n) is 4.06. The van der Waals surface area contributed by atoms with Crippen LogP contribution in [0.5, 0.6) is 5.75 Å². The molecule has 2 heterocycles. The lowest BCUT2D eigenvalue weighted by atomic mass is 10.1. The molecule has 4 aromatic rings. The van der Waals surface area contributed by atoms with Gasteiger partial charge in [0.2, 0.25) is 5.16 Å². The molecule has 10 heteroatoms. The molecule has 0 saturated carbocycles. The zero-order valence-electron chi connectivity index (χ0n) is 20.0. The van der Waals surface area contributed by atoms with Gasteiger partial charge in [-0.3, -0.25) is 4.79 Å². The highest BCUT2D eigenvalue weighted by molar-refractivity contribution is 8.00. The summed E-state index contributed by atoms with van der Waals surface area (Å²) in [6.45, 7) is 6.72. The first kappa shape index (κ1) is 24.6. The first-order valence-electron chi connectivity index (χ1n) is 11.0. The minimum absolute atomic E-state index is 0.0535. The van der Waals surface area contributed by atoms with E-state index in [-0.39, 0.29) is 11.5 Å². The number of benzene rings is 2. The molecule has 4 rings (SSSR count). The second kappa shape index (κ2) is 9.99. The van der Waals surface area contributed by atoms with Crippen LogP contribution in [-0.4, -0.2) is 42.4 Å².